The number of nitro groups is 1. The summed E-state index contributed by atoms with van der Waals surface area (Å²) < 4.78 is 19.1. The summed E-state index contributed by atoms with van der Waals surface area (Å²) in [7, 11) is 0. The monoisotopic (exact) mass is 253 g/mol. The van der Waals surface area contributed by atoms with E-state index < -0.39 is 16.4 Å². The van der Waals surface area contributed by atoms with Gasteiger partial charge in [0.15, 0.2) is 0 Å². The fraction of sp³-hybridized carbons (Fsp3) is 0.538. The van der Waals surface area contributed by atoms with Crippen LogP contribution >= 0.6 is 0 Å². The maximum absolute atomic E-state index is 13.4. The molecule has 0 saturated heterocycles. The summed E-state index contributed by atoms with van der Waals surface area (Å²) in [4.78, 5) is 9.76. The van der Waals surface area contributed by atoms with E-state index in [2.05, 4.69) is 0 Å². The Morgan fingerprint density at radius 1 is 1.22 bits per heavy atom. The maximum Gasteiger partial charge on any atom is 0.305 e. The molecule has 0 N–H and O–H groups in total. The quantitative estimate of drug-likeness (QED) is 0.467. The van der Waals surface area contributed by atoms with Crippen molar-refractivity contribution in [3.8, 4) is 5.75 Å². The normalized spacial score (nSPS) is 17.2. The minimum absolute atomic E-state index is 0.105. The lowest BCUT2D eigenvalue weighted by molar-refractivity contribution is -0.387. The molecule has 0 atom stereocenters. The van der Waals surface area contributed by atoms with Crippen LogP contribution in [0.4, 0.5) is 10.1 Å². The third kappa shape index (κ3) is 3.18. The Balaban J connectivity index is 2.05. The van der Waals surface area contributed by atoms with Crippen LogP contribution in [0.2, 0.25) is 0 Å². The molecule has 1 fully saturated rings. The molecule has 18 heavy (non-hydrogen) atoms. The third-order valence-electron chi connectivity index (χ3n) is 3.22. The van der Waals surface area contributed by atoms with Gasteiger partial charge in [-0.25, -0.2) is 0 Å². The van der Waals surface area contributed by atoms with Gasteiger partial charge in [-0.2, -0.15) is 4.39 Å². The zero-order chi connectivity index (χ0) is 13.0. The second kappa shape index (κ2) is 5.80. The Bertz CT molecular complexity index is 428. The van der Waals surface area contributed by atoms with Gasteiger partial charge >= 0.3 is 5.69 Å². The summed E-state index contributed by atoms with van der Waals surface area (Å²) in [5.41, 5.74) is -0.511. The number of ether oxygens (including phenoxy) is 1. The second-order valence-corrected chi connectivity index (χ2v) is 4.60. The molecule has 0 aromatic heterocycles. The van der Waals surface area contributed by atoms with Crippen LogP contribution in [0.5, 0.6) is 5.75 Å². The molecule has 0 radical (unpaired) electrons. The Morgan fingerprint density at radius 2 is 1.89 bits per heavy atom. The van der Waals surface area contributed by atoms with Gasteiger partial charge in [-0.1, -0.05) is 12.8 Å². The molecule has 0 aliphatic heterocycles. The van der Waals surface area contributed by atoms with E-state index in [1.807, 2.05) is 0 Å². The molecule has 1 aliphatic carbocycles. The molecule has 4 nitrogen and oxygen atoms in total. The third-order valence-corrected chi connectivity index (χ3v) is 3.22. The minimum atomic E-state index is -0.842. The summed E-state index contributed by atoms with van der Waals surface area (Å²) >= 11 is 0. The second-order valence-electron chi connectivity index (χ2n) is 4.60. The van der Waals surface area contributed by atoms with Crippen LogP contribution in [-0.2, 0) is 0 Å². The average molecular weight is 253 g/mol. The first-order valence-electron chi connectivity index (χ1n) is 6.27. The average Bonchev–Trinajstić information content (AvgIpc) is 2.57. The summed E-state index contributed by atoms with van der Waals surface area (Å²) in [6.07, 6.45) is 6.73. The molecular weight excluding hydrogens is 237 g/mol. The first kappa shape index (κ1) is 12.8. The molecule has 0 heterocycles. The van der Waals surface area contributed by atoms with Crippen molar-refractivity contribution in [1.29, 1.82) is 0 Å². The van der Waals surface area contributed by atoms with Crippen molar-refractivity contribution in [3.63, 3.8) is 0 Å². The molecule has 0 spiro atoms. The van der Waals surface area contributed by atoms with Gasteiger partial charge in [0.25, 0.3) is 0 Å². The number of hydrogen-bond acceptors (Lipinski definition) is 3. The number of benzene rings is 1. The molecule has 1 aromatic carbocycles. The molecular formula is C13H16FNO3. The van der Waals surface area contributed by atoms with E-state index in [1.165, 1.54) is 18.9 Å². The maximum atomic E-state index is 13.4. The summed E-state index contributed by atoms with van der Waals surface area (Å²) in [6.45, 7) is 0. The number of rotatable bonds is 3. The summed E-state index contributed by atoms with van der Waals surface area (Å²) in [6, 6.07) is 3.72. The Morgan fingerprint density at radius 3 is 2.44 bits per heavy atom. The van der Waals surface area contributed by atoms with Crippen LogP contribution in [0.3, 0.4) is 0 Å². The van der Waals surface area contributed by atoms with E-state index in [9.17, 15) is 14.5 Å². The number of hydrogen-bond donors (Lipinski definition) is 0. The highest BCUT2D eigenvalue weighted by Crippen LogP contribution is 2.26. The van der Waals surface area contributed by atoms with E-state index in [0.29, 0.717) is 5.75 Å². The lowest BCUT2D eigenvalue weighted by Gasteiger charge is -2.16. The standard InChI is InChI=1S/C13H16FNO3/c14-12-9-11(7-8-13(12)15(16)17)18-10-5-3-1-2-4-6-10/h7-10H,1-6H2. The SMILES string of the molecule is O=[N+]([O-])c1ccc(OC2CCCCCC2)cc1F. The van der Waals surface area contributed by atoms with Crippen molar-refractivity contribution in [2.75, 3.05) is 0 Å². The highest BCUT2D eigenvalue weighted by molar-refractivity contribution is 5.38. The number of nitro benzene ring substituents is 1. The smallest absolute Gasteiger partial charge is 0.305 e. The Hall–Kier alpha value is -1.65. The van der Waals surface area contributed by atoms with Crippen LogP contribution in [0, 0.1) is 15.9 Å². The van der Waals surface area contributed by atoms with Gasteiger partial charge in [-0.15, -0.1) is 0 Å². The highest BCUT2D eigenvalue weighted by atomic mass is 19.1. The minimum Gasteiger partial charge on any atom is -0.490 e. The molecule has 98 valence electrons. The fourth-order valence-electron chi connectivity index (χ4n) is 2.26. The zero-order valence-corrected chi connectivity index (χ0v) is 10.1. The molecule has 0 bridgehead atoms. The van der Waals surface area contributed by atoms with Gasteiger partial charge in [0.2, 0.25) is 5.82 Å². The van der Waals surface area contributed by atoms with Crippen LogP contribution in [-0.4, -0.2) is 11.0 Å². The van der Waals surface area contributed by atoms with E-state index in [4.69, 9.17) is 4.74 Å². The van der Waals surface area contributed by atoms with Gasteiger partial charge in [-0.3, -0.25) is 10.1 Å². The van der Waals surface area contributed by atoms with Gasteiger partial charge < -0.3 is 4.74 Å². The molecule has 5 heteroatoms. The molecule has 1 aliphatic rings. The van der Waals surface area contributed by atoms with Crippen LogP contribution in [0.1, 0.15) is 38.5 Å². The lowest BCUT2D eigenvalue weighted by Crippen LogP contribution is -2.15. The van der Waals surface area contributed by atoms with Gasteiger partial charge in [0.05, 0.1) is 11.0 Å². The number of nitrogens with zero attached hydrogens (tertiary/aromatic N) is 1. The largest absolute Gasteiger partial charge is 0.490 e. The highest BCUT2D eigenvalue weighted by Gasteiger charge is 2.17. The van der Waals surface area contributed by atoms with Gasteiger partial charge in [-0.05, 0) is 31.7 Å². The Labute approximate surface area is 105 Å². The van der Waals surface area contributed by atoms with Crippen LogP contribution < -0.4 is 4.74 Å². The topological polar surface area (TPSA) is 52.4 Å². The molecule has 0 amide bonds. The van der Waals surface area contributed by atoms with E-state index in [1.54, 1.807) is 0 Å². The lowest BCUT2D eigenvalue weighted by atomic mass is 10.1. The van der Waals surface area contributed by atoms with Crippen LogP contribution in [0.25, 0.3) is 0 Å². The summed E-state index contributed by atoms with van der Waals surface area (Å²) in [5, 5.41) is 10.5. The first-order valence-corrected chi connectivity index (χ1v) is 6.27. The first-order chi connectivity index (χ1) is 8.66. The fourth-order valence-corrected chi connectivity index (χ4v) is 2.26. The van der Waals surface area contributed by atoms with Crippen molar-refractivity contribution in [2.45, 2.75) is 44.6 Å². The van der Waals surface area contributed by atoms with Crippen molar-refractivity contribution < 1.29 is 14.1 Å². The molecule has 1 aromatic rings. The van der Waals surface area contributed by atoms with E-state index in [0.717, 1.165) is 37.8 Å². The van der Waals surface area contributed by atoms with Crippen molar-refractivity contribution in [3.05, 3.63) is 34.1 Å². The van der Waals surface area contributed by atoms with Gasteiger partial charge in [0.1, 0.15) is 5.75 Å². The van der Waals surface area contributed by atoms with E-state index >= 15 is 0 Å². The predicted octanol–water partition coefficient (Wildman–Crippen LogP) is 3.84. The Kier molecular flexibility index (Phi) is 4.12. The predicted molar refractivity (Wildman–Crippen MR) is 65.2 cm³/mol. The molecule has 1 saturated carbocycles. The van der Waals surface area contributed by atoms with E-state index in [-0.39, 0.29) is 6.10 Å². The van der Waals surface area contributed by atoms with Crippen LogP contribution in [0.15, 0.2) is 18.2 Å². The van der Waals surface area contributed by atoms with Crippen molar-refractivity contribution in [2.24, 2.45) is 0 Å². The van der Waals surface area contributed by atoms with Gasteiger partial charge in [0, 0.05) is 12.1 Å². The molecule has 2 rings (SSSR count). The summed E-state index contributed by atoms with van der Waals surface area (Å²) in [5.74, 6) is -0.462. The zero-order valence-electron chi connectivity index (χ0n) is 10.1. The molecule has 0 unspecified atom stereocenters. The van der Waals surface area contributed by atoms with Crippen molar-refractivity contribution in [1.82, 2.24) is 0 Å². The van der Waals surface area contributed by atoms with Crippen molar-refractivity contribution >= 4 is 5.69 Å². The number of halogens is 1.